The molecule has 1 aromatic carbocycles. The van der Waals surface area contributed by atoms with Crippen LogP contribution in [-0.4, -0.2) is 57.3 Å². The lowest BCUT2D eigenvalue weighted by Gasteiger charge is -2.26. The molecule has 5 nitrogen and oxygen atoms in total. The molecule has 0 spiro atoms. The molecule has 0 atom stereocenters. The van der Waals surface area contributed by atoms with E-state index in [9.17, 15) is 0 Å². The molecule has 1 saturated heterocycles. The van der Waals surface area contributed by atoms with Crippen LogP contribution in [0.15, 0.2) is 35.3 Å². The van der Waals surface area contributed by atoms with Gasteiger partial charge in [-0.25, -0.2) is 0 Å². The van der Waals surface area contributed by atoms with E-state index in [-0.39, 0.29) is 0 Å². The zero-order valence-electron chi connectivity index (χ0n) is 12.1. The zero-order chi connectivity index (χ0) is 14.0. The number of hydrogen-bond donors (Lipinski definition) is 2. The number of aliphatic imine (C=N–C) groups is 1. The van der Waals surface area contributed by atoms with Gasteiger partial charge in [0.25, 0.3) is 0 Å². The van der Waals surface area contributed by atoms with Crippen LogP contribution in [0.3, 0.4) is 0 Å². The largest absolute Gasteiger partial charge is 0.379 e. The molecule has 1 aromatic rings. The van der Waals surface area contributed by atoms with Gasteiger partial charge in [0, 0.05) is 39.8 Å². The fraction of sp³-hybridized carbons (Fsp3) is 0.533. The van der Waals surface area contributed by atoms with Crippen LogP contribution in [0.5, 0.6) is 0 Å². The van der Waals surface area contributed by atoms with E-state index < -0.39 is 0 Å². The van der Waals surface area contributed by atoms with Crippen molar-refractivity contribution in [2.75, 3.05) is 46.4 Å². The summed E-state index contributed by atoms with van der Waals surface area (Å²) in [7, 11) is 1.80. The maximum absolute atomic E-state index is 5.34. The lowest BCUT2D eigenvalue weighted by atomic mass is 10.2. The van der Waals surface area contributed by atoms with Crippen LogP contribution in [0.4, 0.5) is 0 Å². The molecular formula is C15H24N4O. The van der Waals surface area contributed by atoms with Gasteiger partial charge in [0.15, 0.2) is 5.96 Å². The summed E-state index contributed by atoms with van der Waals surface area (Å²) in [6.07, 6.45) is 0. The SMILES string of the molecule is CN=C(NCCN1CCOCC1)NCc1ccccc1. The molecule has 2 N–H and O–H groups in total. The second kappa shape index (κ2) is 8.55. The fourth-order valence-electron chi connectivity index (χ4n) is 2.16. The molecule has 1 fully saturated rings. The molecule has 0 saturated carbocycles. The van der Waals surface area contributed by atoms with E-state index in [1.807, 2.05) is 18.2 Å². The Bertz CT molecular complexity index is 402. The third-order valence-corrected chi connectivity index (χ3v) is 3.35. The van der Waals surface area contributed by atoms with Crippen LogP contribution in [0, 0.1) is 0 Å². The summed E-state index contributed by atoms with van der Waals surface area (Å²) in [6.45, 7) is 6.46. The Morgan fingerprint density at radius 3 is 2.65 bits per heavy atom. The molecule has 0 aliphatic carbocycles. The van der Waals surface area contributed by atoms with Crippen molar-refractivity contribution in [1.82, 2.24) is 15.5 Å². The first-order chi connectivity index (χ1) is 9.88. The number of guanidine groups is 1. The van der Waals surface area contributed by atoms with E-state index in [2.05, 4.69) is 32.7 Å². The van der Waals surface area contributed by atoms with Crippen LogP contribution >= 0.6 is 0 Å². The quantitative estimate of drug-likeness (QED) is 0.613. The van der Waals surface area contributed by atoms with Gasteiger partial charge in [-0.15, -0.1) is 0 Å². The van der Waals surface area contributed by atoms with Gasteiger partial charge in [0.2, 0.25) is 0 Å². The first-order valence-electron chi connectivity index (χ1n) is 7.17. The first kappa shape index (κ1) is 14.8. The van der Waals surface area contributed by atoms with Crippen LogP contribution in [0.25, 0.3) is 0 Å². The number of nitrogens with zero attached hydrogens (tertiary/aromatic N) is 2. The second-order valence-corrected chi connectivity index (χ2v) is 4.79. The zero-order valence-corrected chi connectivity index (χ0v) is 12.1. The number of hydrogen-bond acceptors (Lipinski definition) is 3. The predicted molar refractivity (Wildman–Crippen MR) is 81.9 cm³/mol. The molecule has 1 heterocycles. The van der Waals surface area contributed by atoms with Gasteiger partial charge >= 0.3 is 0 Å². The molecule has 1 aliphatic rings. The summed E-state index contributed by atoms with van der Waals surface area (Å²) in [4.78, 5) is 6.64. The Hall–Kier alpha value is -1.59. The van der Waals surface area contributed by atoms with E-state index >= 15 is 0 Å². The normalized spacial score (nSPS) is 16.9. The lowest BCUT2D eigenvalue weighted by molar-refractivity contribution is 0.0389. The third-order valence-electron chi connectivity index (χ3n) is 3.35. The molecule has 1 aliphatic heterocycles. The number of ether oxygens (including phenoxy) is 1. The first-order valence-corrected chi connectivity index (χ1v) is 7.17. The molecule has 5 heteroatoms. The highest BCUT2D eigenvalue weighted by molar-refractivity contribution is 5.79. The second-order valence-electron chi connectivity index (χ2n) is 4.79. The van der Waals surface area contributed by atoms with Gasteiger partial charge in [-0.1, -0.05) is 30.3 Å². The summed E-state index contributed by atoms with van der Waals surface area (Å²) in [5.74, 6) is 0.849. The monoisotopic (exact) mass is 276 g/mol. The van der Waals surface area contributed by atoms with E-state index in [4.69, 9.17) is 4.74 Å². The van der Waals surface area contributed by atoms with Crippen LogP contribution in [0.2, 0.25) is 0 Å². The van der Waals surface area contributed by atoms with Gasteiger partial charge in [-0.3, -0.25) is 9.89 Å². The minimum atomic E-state index is 0.790. The Kier molecular flexibility index (Phi) is 6.34. The molecule has 0 radical (unpaired) electrons. The Morgan fingerprint density at radius 2 is 1.95 bits per heavy atom. The Balaban J connectivity index is 1.65. The molecule has 0 bridgehead atoms. The maximum atomic E-state index is 5.34. The van der Waals surface area contributed by atoms with Crippen molar-refractivity contribution in [2.24, 2.45) is 4.99 Å². The van der Waals surface area contributed by atoms with E-state index in [0.29, 0.717) is 0 Å². The molecule has 20 heavy (non-hydrogen) atoms. The minimum absolute atomic E-state index is 0.790. The van der Waals surface area contributed by atoms with Crippen molar-refractivity contribution in [3.63, 3.8) is 0 Å². The highest BCUT2D eigenvalue weighted by Crippen LogP contribution is 1.97. The molecular weight excluding hydrogens is 252 g/mol. The maximum Gasteiger partial charge on any atom is 0.191 e. The predicted octanol–water partition coefficient (Wildman–Crippen LogP) is 0.684. The fourth-order valence-corrected chi connectivity index (χ4v) is 2.16. The third kappa shape index (κ3) is 5.19. The highest BCUT2D eigenvalue weighted by atomic mass is 16.5. The molecule has 0 aromatic heterocycles. The van der Waals surface area contributed by atoms with Crippen molar-refractivity contribution in [3.05, 3.63) is 35.9 Å². The summed E-state index contributed by atoms with van der Waals surface area (Å²) >= 11 is 0. The van der Waals surface area contributed by atoms with Crippen LogP contribution in [0.1, 0.15) is 5.56 Å². The topological polar surface area (TPSA) is 48.9 Å². The van der Waals surface area contributed by atoms with Crippen LogP contribution < -0.4 is 10.6 Å². The Morgan fingerprint density at radius 1 is 1.20 bits per heavy atom. The molecule has 0 amide bonds. The minimum Gasteiger partial charge on any atom is -0.379 e. The van der Waals surface area contributed by atoms with Crippen molar-refractivity contribution in [1.29, 1.82) is 0 Å². The summed E-state index contributed by atoms with van der Waals surface area (Å²) < 4.78 is 5.34. The number of nitrogens with one attached hydrogen (secondary N) is 2. The van der Waals surface area contributed by atoms with E-state index in [1.165, 1.54) is 5.56 Å². The molecule has 110 valence electrons. The van der Waals surface area contributed by atoms with Gasteiger partial charge < -0.3 is 15.4 Å². The number of morpholine rings is 1. The van der Waals surface area contributed by atoms with Crippen molar-refractivity contribution < 1.29 is 4.74 Å². The lowest BCUT2D eigenvalue weighted by Crippen LogP contribution is -2.44. The average molecular weight is 276 g/mol. The highest BCUT2D eigenvalue weighted by Gasteiger charge is 2.09. The van der Waals surface area contributed by atoms with Crippen molar-refractivity contribution >= 4 is 5.96 Å². The molecule has 2 rings (SSSR count). The van der Waals surface area contributed by atoms with Gasteiger partial charge in [0.05, 0.1) is 13.2 Å². The summed E-state index contributed by atoms with van der Waals surface area (Å²) in [5, 5.41) is 6.66. The summed E-state index contributed by atoms with van der Waals surface area (Å²) in [5.41, 5.74) is 1.25. The van der Waals surface area contributed by atoms with Crippen LogP contribution in [-0.2, 0) is 11.3 Å². The standard InChI is InChI=1S/C15H24N4O/c1-16-15(18-13-14-5-3-2-4-6-14)17-7-8-19-9-11-20-12-10-19/h2-6H,7-13H2,1H3,(H2,16,17,18). The average Bonchev–Trinajstić information content (AvgIpc) is 2.52. The smallest absolute Gasteiger partial charge is 0.191 e. The van der Waals surface area contributed by atoms with Gasteiger partial charge in [0.1, 0.15) is 0 Å². The summed E-state index contributed by atoms with van der Waals surface area (Å²) in [6, 6.07) is 10.3. The molecule has 0 unspecified atom stereocenters. The van der Waals surface area contributed by atoms with E-state index in [0.717, 1.165) is 51.9 Å². The van der Waals surface area contributed by atoms with Crippen molar-refractivity contribution in [3.8, 4) is 0 Å². The van der Waals surface area contributed by atoms with E-state index in [1.54, 1.807) is 7.05 Å². The number of rotatable bonds is 5. The Labute approximate surface area is 121 Å². The van der Waals surface area contributed by atoms with Gasteiger partial charge in [-0.05, 0) is 5.56 Å². The van der Waals surface area contributed by atoms with Crippen molar-refractivity contribution in [2.45, 2.75) is 6.54 Å². The van der Waals surface area contributed by atoms with Gasteiger partial charge in [-0.2, -0.15) is 0 Å². The number of benzene rings is 1.